The predicted molar refractivity (Wildman–Crippen MR) is 83.2 cm³/mol. The molecule has 0 aliphatic rings. The monoisotopic (exact) mass is 277 g/mol. The van der Waals surface area contributed by atoms with Crippen molar-refractivity contribution in [2.75, 3.05) is 13.2 Å². The molecule has 1 atom stereocenters. The van der Waals surface area contributed by atoms with Crippen molar-refractivity contribution in [3.63, 3.8) is 0 Å². The average molecular weight is 277 g/mol. The first kappa shape index (κ1) is 16.7. The van der Waals surface area contributed by atoms with Crippen LogP contribution in [0.3, 0.4) is 0 Å². The molecule has 2 N–H and O–H groups in total. The van der Waals surface area contributed by atoms with E-state index in [9.17, 15) is 4.79 Å². The normalized spacial score (nSPS) is 12.4. The second kappa shape index (κ2) is 8.75. The Morgan fingerprint density at radius 2 is 2.00 bits per heavy atom. The Hall–Kier alpha value is -1.35. The van der Waals surface area contributed by atoms with Crippen molar-refractivity contribution >= 4 is 5.78 Å². The third-order valence-corrected chi connectivity index (χ3v) is 3.26. The summed E-state index contributed by atoms with van der Waals surface area (Å²) in [6.07, 6.45) is 2.42. The Labute approximate surface area is 122 Å². The molecule has 0 spiro atoms. The van der Waals surface area contributed by atoms with Gasteiger partial charge in [-0.25, -0.2) is 0 Å². The number of hydrogen-bond acceptors (Lipinski definition) is 3. The largest absolute Gasteiger partial charge is 0.493 e. The molecule has 0 aromatic heterocycles. The maximum atomic E-state index is 12.4. The third kappa shape index (κ3) is 5.33. The zero-order chi connectivity index (χ0) is 15.0. The number of ketones is 1. The SMILES string of the molecule is CCCOc1ccccc1C(=O)CC(CN)CC(C)C. The van der Waals surface area contributed by atoms with E-state index in [0.717, 1.165) is 12.8 Å². The van der Waals surface area contributed by atoms with Crippen LogP contribution < -0.4 is 10.5 Å². The highest BCUT2D eigenvalue weighted by molar-refractivity contribution is 5.98. The van der Waals surface area contributed by atoms with E-state index >= 15 is 0 Å². The summed E-state index contributed by atoms with van der Waals surface area (Å²) in [5, 5.41) is 0. The molecule has 0 bridgehead atoms. The second-order valence-corrected chi connectivity index (χ2v) is 5.70. The van der Waals surface area contributed by atoms with Crippen molar-refractivity contribution in [3.05, 3.63) is 29.8 Å². The lowest BCUT2D eigenvalue weighted by atomic mass is 9.90. The smallest absolute Gasteiger partial charge is 0.166 e. The Morgan fingerprint density at radius 3 is 2.60 bits per heavy atom. The molecule has 112 valence electrons. The van der Waals surface area contributed by atoms with E-state index in [2.05, 4.69) is 20.8 Å². The minimum absolute atomic E-state index is 0.132. The van der Waals surface area contributed by atoms with Gasteiger partial charge in [0.1, 0.15) is 5.75 Å². The quantitative estimate of drug-likeness (QED) is 0.701. The number of hydrogen-bond donors (Lipinski definition) is 1. The molecule has 1 aromatic carbocycles. The number of benzene rings is 1. The molecule has 3 nitrogen and oxygen atoms in total. The number of carbonyl (C=O) groups is 1. The molecular formula is C17H27NO2. The van der Waals surface area contributed by atoms with Gasteiger partial charge in [-0.1, -0.05) is 32.9 Å². The van der Waals surface area contributed by atoms with Gasteiger partial charge in [0.05, 0.1) is 12.2 Å². The van der Waals surface area contributed by atoms with Gasteiger partial charge in [0.15, 0.2) is 5.78 Å². The zero-order valence-electron chi connectivity index (χ0n) is 12.9. The van der Waals surface area contributed by atoms with Gasteiger partial charge in [-0.15, -0.1) is 0 Å². The van der Waals surface area contributed by atoms with E-state index in [-0.39, 0.29) is 11.7 Å². The lowest BCUT2D eigenvalue weighted by Gasteiger charge is -2.17. The molecular weight excluding hydrogens is 250 g/mol. The molecule has 0 aliphatic heterocycles. The maximum absolute atomic E-state index is 12.4. The van der Waals surface area contributed by atoms with E-state index < -0.39 is 0 Å². The van der Waals surface area contributed by atoms with Crippen LogP contribution in [-0.4, -0.2) is 18.9 Å². The van der Waals surface area contributed by atoms with Crippen molar-refractivity contribution in [3.8, 4) is 5.75 Å². The standard InChI is InChI=1S/C17H27NO2/c1-4-9-20-17-8-6-5-7-15(17)16(19)11-14(12-18)10-13(2)3/h5-8,13-14H,4,9-12,18H2,1-3H3. The molecule has 1 rings (SSSR count). The molecule has 0 saturated carbocycles. The Bertz CT molecular complexity index is 415. The van der Waals surface area contributed by atoms with Crippen molar-refractivity contribution in [2.45, 2.75) is 40.0 Å². The number of Topliss-reactive ketones (excluding diaryl/α,β-unsaturated/α-hetero) is 1. The van der Waals surface area contributed by atoms with Crippen LogP contribution in [0.2, 0.25) is 0 Å². The second-order valence-electron chi connectivity index (χ2n) is 5.70. The molecule has 20 heavy (non-hydrogen) atoms. The summed E-state index contributed by atoms with van der Waals surface area (Å²) in [6, 6.07) is 7.49. The number of rotatable bonds is 9. The molecule has 1 aromatic rings. The van der Waals surface area contributed by atoms with E-state index in [0.29, 0.717) is 36.8 Å². The molecule has 0 saturated heterocycles. The molecule has 0 radical (unpaired) electrons. The van der Waals surface area contributed by atoms with Gasteiger partial charge in [0.2, 0.25) is 0 Å². The van der Waals surface area contributed by atoms with E-state index in [1.807, 2.05) is 24.3 Å². The first-order valence-corrected chi connectivity index (χ1v) is 7.53. The third-order valence-electron chi connectivity index (χ3n) is 3.26. The topological polar surface area (TPSA) is 52.3 Å². The summed E-state index contributed by atoms with van der Waals surface area (Å²) in [5.41, 5.74) is 6.47. The van der Waals surface area contributed by atoms with Crippen LogP contribution in [-0.2, 0) is 0 Å². The van der Waals surface area contributed by atoms with Crippen molar-refractivity contribution in [1.82, 2.24) is 0 Å². The van der Waals surface area contributed by atoms with Crippen molar-refractivity contribution < 1.29 is 9.53 Å². The van der Waals surface area contributed by atoms with Gasteiger partial charge in [0, 0.05) is 6.42 Å². The zero-order valence-corrected chi connectivity index (χ0v) is 12.9. The Kier molecular flexibility index (Phi) is 7.31. The van der Waals surface area contributed by atoms with Gasteiger partial charge < -0.3 is 10.5 Å². The molecule has 0 heterocycles. The number of ether oxygens (including phenoxy) is 1. The highest BCUT2D eigenvalue weighted by atomic mass is 16.5. The fourth-order valence-electron chi connectivity index (χ4n) is 2.34. The van der Waals surface area contributed by atoms with Crippen LogP contribution in [0, 0.1) is 11.8 Å². The number of nitrogens with two attached hydrogens (primary N) is 1. The fraction of sp³-hybridized carbons (Fsp3) is 0.588. The summed E-state index contributed by atoms with van der Waals surface area (Å²) in [7, 11) is 0. The predicted octanol–water partition coefficient (Wildman–Crippen LogP) is 3.67. The first-order chi connectivity index (χ1) is 9.58. The van der Waals surface area contributed by atoms with Gasteiger partial charge in [-0.2, -0.15) is 0 Å². The fourth-order valence-corrected chi connectivity index (χ4v) is 2.34. The highest BCUT2D eigenvalue weighted by Crippen LogP contribution is 2.23. The van der Waals surface area contributed by atoms with Gasteiger partial charge in [0.25, 0.3) is 0 Å². The summed E-state index contributed by atoms with van der Waals surface area (Å²) in [6.45, 7) is 7.56. The average Bonchev–Trinajstić information content (AvgIpc) is 2.44. The number of para-hydroxylation sites is 1. The maximum Gasteiger partial charge on any atom is 0.166 e. The molecule has 0 amide bonds. The van der Waals surface area contributed by atoms with Crippen molar-refractivity contribution in [1.29, 1.82) is 0 Å². The summed E-state index contributed by atoms with van der Waals surface area (Å²) >= 11 is 0. The Balaban J connectivity index is 2.75. The number of carbonyl (C=O) groups excluding carboxylic acids is 1. The summed E-state index contributed by atoms with van der Waals surface area (Å²) < 4.78 is 5.65. The van der Waals surface area contributed by atoms with E-state index in [4.69, 9.17) is 10.5 Å². The minimum atomic E-state index is 0.132. The van der Waals surface area contributed by atoms with Crippen LogP contribution in [0.5, 0.6) is 5.75 Å². The lowest BCUT2D eigenvalue weighted by molar-refractivity contribution is 0.0953. The van der Waals surface area contributed by atoms with Crippen LogP contribution in [0.15, 0.2) is 24.3 Å². The minimum Gasteiger partial charge on any atom is -0.493 e. The van der Waals surface area contributed by atoms with Gasteiger partial charge >= 0.3 is 0 Å². The van der Waals surface area contributed by atoms with Crippen LogP contribution in [0.1, 0.15) is 50.4 Å². The van der Waals surface area contributed by atoms with Crippen LogP contribution in [0.4, 0.5) is 0 Å². The molecule has 0 fully saturated rings. The summed E-state index contributed by atoms with van der Waals surface area (Å²) in [4.78, 5) is 12.4. The first-order valence-electron chi connectivity index (χ1n) is 7.53. The van der Waals surface area contributed by atoms with Gasteiger partial charge in [-0.3, -0.25) is 4.79 Å². The van der Waals surface area contributed by atoms with Gasteiger partial charge in [-0.05, 0) is 43.4 Å². The van der Waals surface area contributed by atoms with Crippen molar-refractivity contribution in [2.24, 2.45) is 17.6 Å². The Morgan fingerprint density at radius 1 is 1.30 bits per heavy atom. The van der Waals surface area contributed by atoms with E-state index in [1.165, 1.54) is 0 Å². The highest BCUT2D eigenvalue weighted by Gasteiger charge is 2.18. The van der Waals surface area contributed by atoms with Crippen LogP contribution in [0.25, 0.3) is 0 Å². The molecule has 3 heteroatoms. The van der Waals surface area contributed by atoms with Crippen LogP contribution >= 0.6 is 0 Å². The molecule has 1 unspecified atom stereocenters. The summed E-state index contributed by atoms with van der Waals surface area (Å²) in [5.74, 6) is 1.64. The lowest BCUT2D eigenvalue weighted by Crippen LogP contribution is -2.20. The van der Waals surface area contributed by atoms with E-state index in [1.54, 1.807) is 0 Å². The molecule has 0 aliphatic carbocycles.